The van der Waals surface area contributed by atoms with Gasteiger partial charge in [-0.25, -0.2) is 12.8 Å². The Morgan fingerprint density at radius 3 is 2.68 bits per heavy atom. The highest BCUT2D eigenvalue weighted by molar-refractivity contribution is 7.95. The molecule has 5 nitrogen and oxygen atoms in total. The predicted octanol–water partition coefficient (Wildman–Crippen LogP) is 1.64. The van der Waals surface area contributed by atoms with Gasteiger partial charge in [-0.1, -0.05) is 19.1 Å². The first-order valence-corrected chi connectivity index (χ1v) is 7.41. The van der Waals surface area contributed by atoms with Crippen molar-refractivity contribution < 1.29 is 17.5 Å². The lowest BCUT2D eigenvalue weighted by Crippen LogP contribution is -2.37. The van der Waals surface area contributed by atoms with Crippen molar-refractivity contribution in [2.45, 2.75) is 18.6 Å². The van der Waals surface area contributed by atoms with Gasteiger partial charge in [0.25, 0.3) is 0 Å². The summed E-state index contributed by atoms with van der Waals surface area (Å²) < 4.78 is 44.4. The zero-order valence-electron chi connectivity index (χ0n) is 10.5. The topological polar surface area (TPSA) is 81.4 Å². The van der Waals surface area contributed by atoms with Gasteiger partial charge >= 0.3 is 0 Å². The quantitative estimate of drug-likeness (QED) is 0.781. The van der Waals surface area contributed by atoms with Gasteiger partial charge in [0.1, 0.15) is 16.8 Å². The molecule has 0 aliphatic rings. The smallest absolute Gasteiger partial charge is 0.242 e. The van der Waals surface area contributed by atoms with Gasteiger partial charge in [0.15, 0.2) is 0 Å². The highest BCUT2D eigenvalue weighted by Gasteiger charge is 2.27. The lowest BCUT2D eigenvalue weighted by molar-refractivity contribution is 0.413. The third-order valence-corrected chi connectivity index (χ3v) is 4.75. The number of anilines is 1. The maximum Gasteiger partial charge on any atom is 0.242 e. The van der Waals surface area contributed by atoms with Gasteiger partial charge in [-0.15, -0.1) is 0 Å². The number of hydrogen-bond acceptors (Lipinski definition) is 4. The summed E-state index contributed by atoms with van der Waals surface area (Å²) in [6.07, 6.45) is 0.244. The molecule has 0 heterocycles. The first-order chi connectivity index (χ1) is 8.81. The molecule has 0 saturated heterocycles. The van der Waals surface area contributed by atoms with E-state index in [2.05, 4.69) is 4.72 Å². The van der Waals surface area contributed by atoms with Crippen LogP contribution in [0.5, 0.6) is 5.75 Å². The first kappa shape index (κ1) is 15.6. The van der Waals surface area contributed by atoms with E-state index in [0.717, 1.165) is 12.1 Å². The second-order valence-corrected chi connectivity index (χ2v) is 6.13. The van der Waals surface area contributed by atoms with Crippen molar-refractivity contribution >= 4 is 32.9 Å². The molecule has 0 aliphatic carbocycles. The van der Waals surface area contributed by atoms with Crippen LogP contribution in [0, 0.1) is 5.82 Å². The summed E-state index contributed by atoms with van der Waals surface area (Å²) in [5.41, 5.74) is 5.54. The fraction of sp³-hybridized carbons (Fsp3) is 0.364. The van der Waals surface area contributed by atoms with Crippen LogP contribution in [0.3, 0.4) is 0 Å². The Balaban J connectivity index is 3.11. The molecule has 0 spiro atoms. The summed E-state index contributed by atoms with van der Waals surface area (Å²) in [5.74, 6) is -0.442. The zero-order chi connectivity index (χ0) is 14.6. The summed E-state index contributed by atoms with van der Waals surface area (Å²) in [4.78, 5) is -0.115. The molecule has 0 bridgehead atoms. The summed E-state index contributed by atoms with van der Waals surface area (Å²) in [5, 5.41) is -0.989. The lowest BCUT2D eigenvalue weighted by atomic mass is 10.3. The van der Waals surface area contributed by atoms with E-state index in [0.29, 0.717) is 0 Å². The van der Waals surface area contributed by atoms with Crippen LogP contribution in [0.25, 0.3) is 0 Å². The molecule has 1 aromatic rings. The van der Waals surface area contributed by atoms with Gasteiger partial charge in [-0.2, -0.15) is 0 Å². The van der Waals surface area contributed by atoms with E-state index in [9.17, 15) is 12.8 Å². The Hall–Kier alpha value is -1.41. The molecule has 1 aromatic carbocycles. The van der Waals surface area contributed by atoms with E-state index in [1.807, 2.05) is 0 Å². The van der Waals surface area contributed by atoms with E-state index < -0.39 is 21.1 Å². The molecule has 8 heteroatoms. The minimum Gasteiger partial charge on any atom is -0.494 e. The third kappa shape index (κ3) is 3.77. The molecule has 0 amide bonds. The molecule has 1 unspecified atom stereocenters. The SMILES string of the molecule is CCC(C(N)=S)S(=O)(=O)Nc1ccc(F)cc1OC. The van der Waals surface area contributed by atoms with Crippen molar-refractivity contribution in [1.29, 1.82) is 0 Å². The van der Waals surface area contributed by atoms with Gasteiger partial charge in [0, 0.05) is 6.07 Å². The number of hydrogen-bond donors (Lipinski definition) is 2. The maximum absolute atomic E-state index is 13.0. The van der Waals surface area contributed by atoms with Crippen molar-refractivity contribution in [1.82, 2.24) is 0 Å². The van der Waals surface area contributed by atoms with E-state index in [1.54, 1.807) is 6.92 Å². The van der Waals surface area contributed by atoms with Crippen LogP contribution >= 0.6 is 12.2 Å². The average molecular weight is 306 g/mol. The molecule has 19 heavy (non-hydrogen) atoms. The number of nitrogens with one attached hydrogen (secondary N) is 1. The van der Waals surface area contributed by atoms with E-state index in [1.165, 1.54) is 13.2 Å². The van der Waals surface area contributed by atoms with Crippen LogP contribution in [0.15, 0.2) is 18.2 Å². The molecule has 3 N–H and O–H groups in total. The van der Waals surface area contributed by atoms with Crippen LogP contribution in [0.1, 0.15) is 13.3 Å². The molecule has 1 atom stereocenters. The summed E-state index contributed by atoms with van der Waals surface area (Å²) in [6.45, 7) is 1.66. The molecule has 0 aliphatic heterocycles. The largest absolute Gasteiger partial charge is 0.494 e. The second-order valence-electron chi connectivity index (χ2n) is 3.79. The zero-order valence-corrected chi connectivity index (χ0v) is 12.1. The molecule has 0 fully saturated rings. The summed E-state index contributed by atoms with van der Waals surface area (Å²) in [6, 6.07) is 3.49. The molecule has 0 aromatic heterocycles. The van der Waals surface area contributed by atoms with Crippen molar-refractivity contribution in [3.63, 3.8) is 0 Å². The van der Waals surface area contributed by atoms with Gasteiger partial charge in [0.2, 0.25) is 10.0 Å². The molecule has 1 rings (SSSR count). The van der Waals surface area contributed by atoms with Gasteiger partial charge in [-0.05, 0) is 18.6 Å². The Bertz CT molecular complexity index is 575. The Morgan fingerprint density at radius 2 is 2.21 bits per heavy atom. The molecule has 0 saturated carbocycles. The summed E-state index contributed by atoms with van der Waals surface area (Å²) >= 11 is 4.73. The number of ether oxygens (including phenoxy) is 1. The molecule has 106 valence electrons. The fourth-order valence-corrected chi connectivity index (χ4v) is 3.46. The highest BCUT2D eigenvalue weighted by atomic mass is 32.2. The van der Waals surface area contributed by atoms with Crippen LogP contribution in [-0.4, -0.2) is 25.8 Å². The van der Waals surface area contributed by atoms with E-state index in [-0.39, 0.29) is 22.8 Å². The van der Waals surface area contributed by atoms with Crippen molar-refractivity contribution in [3.05, 3.63) is 24.0 Å². The second kappa shape index (κ2) is 6.16. The Labute approximate surface area is 117 Å². The van der Waals surface area contributed by atoms with Gasteiger partial charge < -0.3 is 10.5 Å². The Morgan fingerprint density at radius 1 is 1.58 bits per heavy atom. The van der Waals surface area contributed by atoms with Crippen LogP contribution in [-0.2, 0) is 10.0 Å². The van der Waals surface area contributed by atoms with Crippen molar-refractivity contribution in [2.75, 3.05) is 11.8 Å². The Kier molecular flexibility index (Phi) is 5.07. The van der Waals surface area contributed by atoms with Gasteiger partial charge in [0.05, 0.1) is 17.8 Å². The van der Waals surface area contributed by atoms with Crippen LogP contribution in [0.4, 0.5) is 10.1 Å². The average Bonchev–Trinajstić information content (AvgIpc) is 2.31. The van der Waals surface area contributed by atoms with E-state index >= 15 is 0 Å². The lowest BCUT2D eigenvalue weighted by Gasteiger charge is -2.17. The van der Waals surface area contributed by atoms with E-state index in [4.69, 9.17) is 22.7 Å². The first-order valence-electron chi connectivity index (χ1n) is 5.46. The number of benzene rings is 1. The molecular weight excluding hydrogens is 291 g/mol. The van der Waals surface area contributed by atoms with Crippen LogP contribution < -0.4 is 15.2 Å². The number of methoxy groups -OCH3 is 1. The highest BCUT2D eigenvalue weighted by Crippen LogP contribution is 2.27. The standard InChI is InChI=1S/C11H15FN2O3S2/c1-3-10(11(13)18)19(15,16)14-8-5-4-7(12)6-9(8)17-2/h4-6,10,14H,3H2,1-2H3,(H2,13,18). The number of thiocarbonyl (C=S) groups is 1. The number of halogens is 1. The summed E-state index contributed by atoms with van der Waals surface area (Å²) in [7, 11) is -2.47. The maximum atomic E-state index is 13.0. The predicted molar refractivity (Wildman–Crippen MR) is 76.4 cm³/mol. The normalized spacial score (nSPS) is 12.8. The minimum absolute atomic E-state index is 0.0846. The number of nitrogens with two attached hydrogens (primary N) is 1. The molecule has 0 radical (unpaired) electrons. The van der Waals surface area contributed by atoms with Crippen molar-refractivity contribution in [2.24, 2.45) is 5.73 Å². The minimum atomic E-state index is -3.79. The third-order valence-electron chi connectivity index (χ3n) is 2.48. The van der Waals surface area contributed by atoms with Crippen molar-refractivity contribution in [3.8, 4) is 5.75 Å². The monoisotopic (exact) mass is 306 g/mol. The molecular formula is C11H15FN2O3S2. The number of rotatable bonds is 6. The van der Waals surface area contributed by atoms with Gasteiger partial charge in [-0.3, -0.25) is 4.72 Å². The number of sulfonamides is 1. The van der Waals surface area contributed by atoms with Crippen LogP contribution in [0.2, 0.25) is 0 Å². The fourth-order valence-electron chi connectivity index (χ4n) is 1.55.